The minimum Gasteiger partial charge on any atom is -0.382 e. The quantitative estimate of drug-likeness (QED) is 0.830. The fourth-order valence-corrected chi connectivity index (χ4v) is 2.30. The number of ether oxygens (including phenoxy) is 2. The van der Waals surface area contributed by atoms with Crippen molar-refractivity contribution >= 4 is 5.91 Å². The molecule has 1 unspecified atom stereocenters. The van der Waals surface area contributed by atoms with Crippen molar-refractivity contribution in [2.75, 3.05) is 33.5 Å². The van der Waals surface area contributed by atoms with Crippen molar-refractivity contribution in [2.45, 2.75) is 19.4 Å². The molecule has 1 fully saturated rings. The molecule has 1 atom stereocenters. The Balaban J connectivity index is 2.11. The van der Waals surface area contributed by atoms with E-state index in [-0.39, 0.29) is 11.9 Å². The van der Waals surface area contributed by atoms with Gasteiger partial charge in [-0.25, -0.2) is 0 Å². The van der Waals surface area contributed by atoms with E-state index in [4.69, 9.17) is 9.47 Å². The summed E-state index contributed by atoms with van der Waals surface area (Å²) in [5.74, 6) is 0.0630. The lowest BCUT2D eigenvalue weighted by molar-refractivity contribution is -0.0251. The molecular formula is C15H21NO3. The highest BCUT2D eigenvalue weighted by molar-refractivity contribution is 5.94. The Bertz CT molecular complexity index is 414. The Morgan fingerprint density at radius 2 is 2.16 bits per heavy atom. The fraction of sp³-hybridized carbons (Fsp3) is 0.533. The largest absolute Gasteiger partial charge is 0.382 e. The summed E-state index contributed by atoms with van der Waals surface area (Å²) >= 11 is 0. The van der Waals surface area contributed by atoms with E-state index < -0.39 is 0 Å². The molecule has 0 radical (unpaired) electrons. The van der Waals surface area contributed by atoms with Gasteiger partial charge < -0.3 is 14.4 Å². The molecular weight excluding hydrogens is 242 g/mol. The molecule has 4 heteroatoms. The van der Waals surface area contributed by atoms with E-state index in [1.807, 2.05) is 29.2 Å². The van der Waals surface area contributed by atoms with Gasteiger partial charge in [-0.05, 0) is 24.1 Å². The first-order valence-corrected chi connectivity index (χ1v) is 6.72. The van der Waals surface area contributed by atoms with Gasteiger partial charge in [0.2, 0.25) is 0 Å². The minimum atomic E-state index is 0.0112. The van der Waals surface area contributed by atoms with E-state index in [0.29, 0.717) is 26.4 Å². The molecule has 0 bridgehead atoms. The second-order valence-electron chi connectivity index (χ2n) is 4.73. The van der Waals surface area contributed by atoms with E-state index in [2.05, 4.69) is 6.92 Å². The Kier molecular flexibility index (Phi) is 4.93. The van der Waals surface area contributed by atoms with Gasteiger partial charge in [-0.2, -0.15) is 0 Å². The smallest absolute Gasteiger partial charge is 0.254 e. The maximum atomic E-state index is 12.5. The second-order valence-corrected chi connectivity index (χ2v) is 4.73. The van der Waals surface area contributed by atoms with Crippen LogP contribution in [-0.2, 0) is 15.9 Å². The Morgan fingerprint density at radius 3 is 2.79 bits per heavy atom. The van der Waals surface area contributed by atoms with Crippen molar-refractivity contribution in [3.63, 3.8) is 0 Å². The molecule has 19 heavy (non-hydrogen) atoms. The molecule has 1 saturated heterocycles. The van der Waals surface area contributed by atoms with E-state index >= 15 is 0 Å². The zero-order valence-corrected chi connectivity index (χ0v) is 11.6. The minimum absolute atomic E-state index is 0.0112. The summed E-state index contributed by atoms with van der Waals surface area (Å²) in [6.45, 7) is 4.39. The number of hydrogen-bond donors (Lipinski definition) is 0. The zero-order valence-electron chi connectivity index (χ0n) is 11.6. The molecule has 1 aromatic rings. The highest BCUT2D eigenvalue weighted by Gasteiger charge is 2.27. The first-order chi connectivity index (χ1) is 9.26. The molecule has 2 rings (SSSR count). The van der Waals surface area contributed by atoms with Crippen LogP contribution < -0.4 is 0 Å². The van der Waals surface area contributed by atoms with Gasteiger partial charge in [-0.3, -0.25) is 4.79 Å². The van der Waals surface area contributed by atoms with Crippen LogP contribution in [0.25, 0.3) is 0 Å². The van der Waals surface area contributed by atoms with Crippen LogP contribution in [0.1, 0.15) is 22.8 Å². The van der Waals surface area contributed by atoms with Gasteiger partial charge in [0, 0.05) is 19.2 Å². The van der Waals surface area contributed by atoms with Crippen molar-refractivity contribution in [2.24, 2.45) is 0 Å². The van der Waals surface area contributed by atoms with Crippen molar-refractivity contribution in [3.8, 4) is 0 Å². The van der Waals surface area contributed by atoms with Gasteiger partial charge in [-0.15, -0.1) is 0 Å². The maximum absolute atomic E-state index is 12.5. The van der Waals surface area contributed by atoms with Crippen LogP contribution in [0, 0.1) is 0 Å². The third kappa shape index (κ3) is 3.33. The van der Waals surface area contributed by atoms with Crippen LogP contribution in [0.4, 0.5) is 0 Å². The first-order valence-electron chi connectivity index (χ1n) is 6.72. The summed E-state index contributed by atoms with van der Waals surface area (Å²) in [5.41, 5.74) is 1.98. The lowest BCUT2D eigenvalue weighted by atomic mass is 10.1. The fourth-order valence-electron chi connectivity index (χ4n) is 2.30. The van der Waals surface area contributed by atoms with Crippen molar-refractivity contribution in [3.05, 3.63) is 35.4 Å². The standard InChI is InChI=1S/C15H21NO3/c1-3-12-4-6-13(7-5-12)15(17)16-8-9-19-11-14(16)10-18-2/h4-7,14H,3,8-11H2,1-2H3. The normalized spacial score (nSPS) is 19.5. The van der Waals surface area contributed by atoms with Gasteiger partial charge in [0.1, 0.15) is 0 Å². The van der Waals surface area contributed by atoms with E-state index in [9.17, 15) is 4.79 Å². The summed E-state index contributed by atoms with van der Waals surface area (Å²) in [4.78, 5) is 14.4. The average molecular weight is 263 g/mol. The van der Waals surface area contributed by atoms with E-state index in [0.717, 1.165) is 12.0 Å². The topological polar surface area (TPSA) is 38.8 Å². The van der Waals surface area contributed by atoms with E-state index in [1.165, 1.54) is 5.56 Å². The van der Waals surface area contributed by atoms with Gasteiger partial charge in [0.05, 0.1) is 25.9 Å². The zero-order chi connectivity index (χ0) is 13.7. The van der Waals surface area contributed by atoms with Crippen LogP contribution in [0.2, 0.25) is 0 Å². The summed E-state index contributed by atoms with van der Waals surface area (Å²) in [6.07, 6.45) is 0.984. The number of benzene rings is 1. The number of amides is 1. The monoisotopic (exact) mass is 263 g/mol. The van der Waals surface area contributed by atoms with Gasteiger partial charge in [0.25, 0.3) is 5.91 Å². The Hall–Kier alpha value is -1.39. The number of carbonyl (C=O) groups is 1. The number of rotatable bonds is 4. The van der Waals surface area contributed by atoms with Crippen LogP contribution in [0.3, 0.4) is 0 Å². The number of hydrogen-bond acceptors (Lipinski definition) is 3. The molecule has 1 heterocycles. The number of carbonyl (C=O) groups excluding carboxylic acids is 1. The summed E-state index contributed by atoms with van der Waals surface area (Å²) in [6, 6.07) is 7.84. The molecule has 0 saturated carbocycles. The second kappa shape index (κ2) is 6.68. The van der Waals surface area contributed by atoms with E-state index in [1.54, 1.807) is 7.11 Å². The third-order valence-corrected chi connectivity index (χ3v) is 3.46. The van der Waals surface area contributed by atoms with Crippen LogP contribution in [0.15, 0.2) is 24.3 Å². The van der Waals surface area contributed by atoms with Gasteiger partial charge >= 0.3 is 0 Å². The van der Waals surface area contributed by atoms with Gasteiger partial charge in [0.15, 0.2) is 0 Å². The van der Waals surface area contributed by atoms with Crippen molar-refractivity contribution in [1.29, 1.82) is 0 Å². The van der Waals surface area contributed by atoms with Crippen molar-refractivity contribution < 1.29 is 14.3 Å². The number of methoxy groups -OCH3 is 1. The molecule has 0 aromatic heterocycles. The number of morpholine rings is 1. The molecule has 1 aromatic carbocycles. The molecule has 0 spiro atoms. The lowest BCUT2D eigenvalue weighted by Gasteiger charge is -2.35. The average Bonchev–Trinajstić information content (AvgIpc) is 2.47. The molecule has 1 aliphatic rings. The Labute approximate surface area is 114 Å². The predicted octanol–water partition coefficient (Wildman–Crippen LogP) is 1.74. The van der Waals surface area contributed by atoms with Crippen LogP contribution in [-0.4, -0.2) is 50.3 Å². The maximum Gasteiger partial charge on any atom is 0.254 e. The number of nitrogens with zero attached hydrogens (tertiary/aromatic N) is 1. The van der Waals surface area contributed by atoms with Gasteiger partial charge in [-0.1, -0.05) is 19.1 Å². The van der Waals surface area contributed by atoms with Crippen LogP contribution in [0.5, 0.6) is 0 Å². The van der Waals surface area contributed by atoms with Crippen molar-refractivity contribution in [1.82, 2.24) is 4.90 Å². The number of aryl methyl sites for hydroxylation is 1. The third-order valence-electron chi connectivity index (χ3n) is 3.46. The molecule has 4 nitrogen and oxygen atoms in total. The highest BCUT2D eigenvalue weighted by atomic mass is 16.5. The molecule has 1 amide bonds. The lowest BCUT2D eigenvalue weighted by Crippen LogP contribution is -2.50. The SMILES string of the molecule is CCc1ccc(C(=O)N2CCOCC2COC)cc1. The predicted molar refractivity (Wildman–Crippen MR) is 73.3 cm³/mol. The molecule has 0 N–H and O–H groups in total. The summed E-state index contributed by atoms with van der Waals surface area (Å²) in [5, 5.41) is 0. The molecule has 1 aliphatic heterocycles. The molecule has 0 aliphatic carbocycles. The molecule has 104 valence electrons. The Morgan fingerprint density at radius 1 is 1.42 bits per heavy atom. The van der Waals surface area contributed by atoms with Crippen LogP contribution >= 0.6 is 0 Å². The highest BCUT2D eigenvalue weighted by Crippen LogP contribution is 2.14. The summed E-state index contributed by atoms with van der Waals surface area (Å²) in [7, 11) is 1.65. The first kappa shape index (κ1) is 14.0. The summed E-state index contributed by atoms with van der Waals surface area (Å²) < 4.78 is 10.6.